The molecule has 1 aromatic heterocycles. The lowest BCUT2D eigenvalue weighted by atomic mass is 9.78. The van der Waals surface area contributed by atoms with Gasteiger partial charge in [-0.2, -0.15) is 0 Å². The van der Waals surface area contributed by atoms with E-state index in [2.05, 4.69) is 5.16 Å². The normalized spacial score (nSPS) is 29.8. The fourth-order valence-corrected chi connectivity index (χ4v) is 3.89. The Morgan fingerprint density at radius 1 is 1.38 bits per heavy atom. The predicted octanol–water partition coefficient (Wildman–Crippen LogP) is 2.41. The van der Waals surface area contributed by atoms with E-state index in [-0.39, 0.29) is 17.9 Å². The number of nitrogens with two attached hydrogens (primary N) is 1. The van der Waals surface area contributed by atoms with Crippen LogP contribution in [-0.2, 0) is 4.79 Å². The molecular formula is C16H25N3O2. The minimum atomic E-state index is 0.0686. The van der Waals surface area contributed by atoms with Crippen molar-refractivity contribution < 1.29 is 9.32 Å². The summed E-state index contributed by atoms with van der Waals surface area (Å²) in [6.07, 6.45) is 6.44. The van der Waals surface area contributed by atoms with Gasteiger partial charge in [0, 0.05) is 18.5 Å². The quantitative estimate of drug-likeness (QED) is 0.928. The molecule has 3 atom stereocenters. The van der Waals surface area contributed by atoms with Crippen molar-refractivity contribution in [1.29, 1.82) is 0 Å². The van der Waals surface area contributed by atoms with Crippen LogP contribution in [0.2, 0.25) is 0 Å². The average Bonchev–Trinajstić information content (AvgIpc) is 3.14. The molecule has 2 heterocycles. The second-order valence-electron chi connectivity index (χ2n) is 6.45. The molecule has 1 aliphatic heterocycles. The minimum Gasteiger partial charge on any atom is -0.359 e. The van der Waals surface area contributed by atoms with Gasteiger partial charge in [-0.25, -0.2) is 0 Å². The van der Waals surface area contributed by atoms with Gasteiger partial charge in [-0.15, -0.1) is 0 Å². The first kappa shape index (κ1) is 14.6. The Kier molecular flexibility index (Phi) is 4.29. The van der Waals surface area contributed by atoms with Crippen LogP contribution in [0, 0.1) is 18.8 Å². The molecule has 5 nitrogen and oxygen atoms in total. The highest BCUT2D eigenvalue weighted by molar-refractivity contribution is 5.80. The second-order valence-corrected chi connectivity index (χ2v) is 6.45. The Morgan fingerprint density at radius 2 is 2.19 bits per heavy atom. The second kappa shape index (κ2) is 6.18. The topological polar surface area (TPSA) is 72.4 Å². The molecule has 3 unspecified atom stereocenters. The minimum absolute atomic E-state index is 0.0686. The van der Waals surface area contributed by atoms with Crippen LogP contribution in [0.25, 0.3) is 0 Å². The van der Waals surface area contributed by atoms with Gasteiger partial charge in [0.25, 0.3) is 0 Å². The summed E-state index contributed by atoms with van der Waals surface area (Å²) in [6, 6.07) is 2.02. The average molecular weight is 291 g/mol. The van der Waals surface area contributed by atoms with E-state index in [1.165, 1.54) is 6.42 Å². The van der Waals surface area contributed by atoms with E-state index in [0.29, 0.717) is 12.5 Å². The monoisotopic (exact) mass is 291 g/mol. The number of amides is 1. The Hall–Kier alpha value is -1.36. The third-order valence-electron chi connectivity index (χ3n) is 5.04. The molecule has 5 heteroatoms. The fraction of sp³-hybridized carbons (Fsp3) is 0.750. The van der Waals surface area contributed by atoms with E-state index < -0.39 is 0 Å². The Morgan fingerprint density at radius 3 is 2.90 bits per heavy atom. The van der Waals surface area contributed by atoms with Gasteiger partial charge in [-0.3, -0.25) is 4.79 Å². The molecule has 1 aromatic rings. The van der Waals surface area contributed by atoms with Crippen molar-refractivity contribution in [3.63, 3.8) is 0 Å². The SMILES string of the molecule is Cc1cc(C2CCCN2C(=O)C2CCCCC2CN)on1. The summed E-state index contributed by atoms with van der Waals surface area (Å²) in [5.74, 6) is 1.57. The molecule has 1 amide bonds. The number of likely N-dealkylation sites (tertiary alicyclic amines) is 1. The van der Waals surface area contributed by atoms with Crippen molar-refractivity contribution in [2.45, 2.75) is 51.5 Å². The predicted molar refractivity (Wildman–Crippen MR) is 79.4 cm³/mol. The van der Waals surface area contributed by atoms with Gasteiger partial charge in [0.2, 0.25) is 5.91 Å². The molecule has 0 spiro atoms. The molecule has 0 aromatic carbocycles. The van der Waals surface area contributed by atoms with Crippen LogP contribution < -0.4 is 5.73 Å². The van der Waals surface area contributed by atoms with Gasteiger partial charge < -0.3 is 15.2 Å². The summed E-state index contributed by atoms with van der Waals surface area (Å²) in [4.78, 5) is 15.0. The van der Waals surface area contributed by atoms with Crippen LogP contribution in [0.3, 0.4) is 0 Å². The van der Waals surface area contributed by atoms with E-state index in [1.54, 1.807) is 0 Å². The van der Waals surface area contributed by atoms with E-state index in [9.17, 15) is 4.79 Å². The van der Waals surface area contributed by atoms with Crippen LogP contribution in [0.15, 0.2) is 10.6 Å². The number of nitrogens with zero attached hydrogens (tertiary/aromatic N) is 2. The summed E-state index contributed by atoms with van der Waals surface area (Å²) in [7, 11) is 0. The Labute approximate surface area is 125 Å². The highest BCUT2D eigenvalue weighted by atomic mass is 16.5. The lowest BCUT2D eigenvalue weighted by Gasteiger charge is -2.34. The van der Waals surface area contributed by atoms with E-state index >= 15 is 0 Å². The largest absolute Gasteiger partial charge is 0.359 e. The highest BCUT2D eigenvalue weighted by Crippen LogP contribution is 2.37. The van der Waals surface area contributed by atoms with Crippen molar-refractivity contribution >= 4 is 5.91 Å². The van der Waals surface area contributed by atoms with E-state index in [4.69, 9.17) is 10.3 Å². The lowest BCUT2D eigenvalue weighted by Crippen LogP contribution is -2.41. The molecular weight excluding hydrogens is 266 g/mol. The summed E-state index contributed by atoms with van der Waals surface area (Å²) in [5, 5.41) is 3.97. The first-order valence-corrected chi connectivity index (χ1v) is 8.14. The number of rotatable bonds is 3. The van der Waals surface area contributed by atoms with Crippen LogP contribution in [0.1, 0.15) is 56.0 Å². The lowest BCUT2D eigenvalue weighted by molar-refractivity contribution is -0.139. The standard InChI is InChI=1S/C16H25N3O2/c1-11-9-15(21-18-11)14-7-4-8-19(14)16(20)13-6-3-2-5-12(13)10-17/h9,12-14H,2-8,10,17H2,1H3. The molecule has 21 heavy (non-hydrogen) atoms. The van der Waals surface area contributed by atoms with Gasteiger partial charge >= 0.3 is 0 Å². The number of hydrogen-bond acceptors (Lipinski definition) is 4. The number of carbonyl (C=O) groups excluding carboxylic acids is 1. The van der Waals surface area contributed by atoms with Crippen LogP contribution in [0.5, 0.6) is 0 Å². The Bertz CT molecular complexity index is 499. The number of carbonyl (C=O) groups is 1. The summed E-state index contributed by atoms with van der Waals surface area (Å²) in [6.45, 7) is 3.37. The van der Waals surface area contributed by atoms with Crippen molar-refractivity contribution in [2.75, 3.05) is 13.1 Å². The molecule has 2 N–H and O–H groups in total. The molecule has 1 saturated heterocycles. The maximum atomic E-state index is 13.0. The molecule has 1 saturated carbocycles. The zero-order chi connectivity index (χ0) is 14.8. The smallest absolute Gasteiger partial charge is 0.226 e. The highest BCUT2D eigenvalue weighted by Gasteiger charge is 2.39. The first-order chi connectivity index (χ1) is 10.2. The first-order valence-electron chi connectivity index (χ1n) is 8.14. The maximum Gasteiger partial charge on any atom is 0.226 e. The third-order valence-corrected chi connectivity index (χ3v) is 5.04. The fourth-order valence-electron chi connectivity index (χ4n) is 3.89. The van der Waals surface area contributed by atoms with Crippen LogP contribution in [0.4, 0.5) is 0 Å². The van der Waals surface area contributed by atoms with Crippen molar-refractivity contribution in [3.05, 3.63) is 17.5 Å². The summed E-state index contributed by atoms with van der Waals surface area (Å²) >= 11 is 0. The number of hydrogen-bond donors (Lipinski definition) is 1. The molecule has 2 fully saturated rings. The molecule has 0 bridgehead atoms. The number of aryl methyl sites for hydroxylation is 1. The molecule has 116 valence electrons. The van der Waals surface area contributed by atoms with E-state index in [1.807, 2.05) is 17.9 Å². The van der Waals surface area contributed by atoms with Crippen molar-refractivity contribution in [2.24, 2.45) is 17.6 Å². The van der Waals surface area contributed by atoms with Crippen LogP contribution in [-0.4, -0.2) is 29.1 Å². The third kappa shape index (κ3) is 2.84. The van der Waals surface area contributed by atoms with E-state index in [0.717, 1.165) is 50.1 Å². The zero-order valence-electron chi connectivity index (χ0n) is 12.8. The number of aromatic nitrogens is 1. The van der Waals surface area contributed by atoms with Gasteiger partial charge in [0.05, 0.1) is 11.7 Å². The summed E-state index contributed by atoms with van der Waals surface area (Å²) in [5.41, 5.74) is 6.76. The molecule has 1 aliphatic carbocycles. The van der Waals surface area contributed by atoms with Gasteiger partial charge in [0.1, 0.15) is 0 Å². The van der Waals surface area contributed by atoms with Gasteiger partial charge in [-0.1, -0.05) is 18.0 Å². The summed E-state index contributed by atoms with van der Waals surface area (Å²) < 4.78 is 5.40. The zero-order valence-corrected chi connectivity index (χ0v) is 12.8. The molecule has 2 aliphatic rings. The van der Waals surface area contributed by atoms with Crippen molar-refractivity contribution in [3.8, 4) is 0 Å². The molecule has 0 radical (unpaired) electrons. The van der Waals surface area contributed by atoms with Crippen molar-refractivity contribution in [1.82, 2.24) is 10.1 Å². The van der Waals surface area contributed by atoms with Crippen LogP contribution >= 0.6 is 0 Å². The molecule has 3 rings (SSSR count). The van der Waals surface area contributed by atoms with Gasteiger partial charge in [0.15, 0.2) is 5.76 Å². The maximum absolute atomic E-state index is 13.0. The Balaban J connectivity index is 1.76. The van der Waals surface area contributed by atoms with Gasteiger partial charge in [-0.05, 0) is 45.1 Å².